The third-order valence-corrected chi connectivity index (χ3v) is 3.39. The second-order valence-corrected chi connectivity index (χ2v) is 5.51. The van der Waals surface area contributed by atoms with Crippen LogP contribution in [0.25, 0.3) is 0 Å². The van der Waals surface area contributed by atoms with Gasteiger partial charge in [-0.15, -0.1) is 11.3 Å². The van der Waals surface area contributed by atoms with Gasteiger partial charge in [-0.1, -0.05) is 13.3 Å². The Bertz CT molecular complexity index is 368. The fourth-order valence-corrected chi connectivity index (χ4v) is 2.29. The molecule has 0 saturated carbocycles. The summed E-state index contributed by atoms with van der Waals surface area (Å²) in [6.07, 6.45) is 3.74. The van der Waals surface area contributed by atoms with E-state index in [0.717, 1.165) is 17.8 Å². The number of thiazole rings is 1. The molecule has 0 bridgehead atoms. The molecular weight excluding hydrogens is 250 g/mol. The van der Waals surface area contributed by atoms with Crippen LogP contribution in [0.3, 0.4) is 0 Å². The van der Waals surface area contributed by atoms with Crippen LogP contribution in [-0.4, -0.2) is 35.3 Å². The van der Waals surface area contributed by atoms with Gasteiger partial charge in [0.2, 0.25) is 0 Å². The van der Waals surface area contributed by atoms with E-state index >= 15 is 0 Å². The zero-order valence-electron chi connectivity index (χ0n) is 10.9. The largest absolute Gasteiger partial charge is 0.391 e. The lowest BCUT2D eigenvalue weighted by atomic mass is 10.2. The fraction of sp³-hybridized carbons (Fsp3) is 0.667. The Morgan fingerprint density at radius 2 is 2.33 bits per heavy atom. The van der Waals surface area contributed by atoms with E-state index in [-0.39, 0.29) is 6.03 Å². The molecule has 1 atom stereocenters. The van der Waals surface area contributed by atoms with Gasteiger partial charge in [0.05, 0.1) is 11.1 Å². The van der Waals surface area contributed by atoms with E-state index in [4.69, 9.17) is 0 Å². The smallest absolute Gasteiger partial charge is 0.314 e. The van der Waals surface area contributed by atoms with Crippen molar-refractivity contribution in [1.29, 1.82) is 0 Å². The minimum Gasteiger partial charge on any atom is -0.391 e. The zero-order valence-corrected chi connectivity index (χ0v) is 11.7. The Morgan fingerprint density at radius 3 is 2.94 bits per heavy atom. The van der Waals surface area contributed by atoms with Gasteiger partial charge in [-0.2, -0.15) is 0 Å². The zero-order chi connectivity index (χ0) is 13.4. The molecule has 0 aliphatic carbocycles. The number of hydrogen-bond acceptors (Lipinski definition) is 4. The summed E-state index contributed by atoms with van der Waals surface area (Å²) in [5.74, 6) is 0. The quantitative estimate of drug-likeness (QED) is 0.703. The van der Waals surface area contributed by atoms with Gasteiger partial charge in [-0.3, -0.25) is 0 Å². The number of aliphatic hydroxyl groups is 1. The van der Waals surface area contributed by atoms with Crippen LogP contribution in [0.1, 0.15) is 29.7 Å². The second-order valence-electron chi connectivity index (χ2n) is 4.19. The summed E-state index contributed by atoms with van der Waals surface area (Å²) in [4.78, 5) is 16.8. The topological polar surface area (TPSA) is 74.2 Å². The van der Waals surface area contributed by atoms with Gasteiger partial charge in [0.25, 0.3) is 0 Å². The third-order valence-electron chi connectivity index (χ3n) is 2.41. The predicted octanol–water partition coefficient (Wildman–Crippen LogP) is 1.45. The van der Waals surface area contributed by atoms with Crippen LogP contribution in [0.2, 0.25) is 0 Å². The van der Waals surface area contributed by atoms with Crippen molar-refractivity contribution in [2.75, 3.05) is 13.1 Å². The maximum atomic E-state index is 11.4. The fourth-order valence-electron chi connectivity index (χ4n) is 1.51. The van der Waals surface area contributed by atoms with Crippen molar-refractivity contribution in [2.45, 2.75) is 39.2 Å². The molecule has 0 aromatic carbocycles. The number of aromatic nitrogens is 1. The Balaban J connectivity index is 2.10. The molecular formula is C12H21N3O2S. The highest BCUT2D eigenvalue weighted by Crippen LogP contribution is 2.10. The molecule has 0 radical (unpaired) electrons. The maximum absolute atomic E-state index is 11.4. The van der Waals surface area contributed by atoms with Crippen LogP contribution in [0, 0.1) is 6.92 Å². The average Bonchev–Trinajstić information content (AvgIpc) is 2.73. The lowest BCUT2D eigenvalue weighted by Gasteiger charge is -2.11. The summed E-state index contributed by atoms with van der Waals surface area (Å²) in [5.41, 5.74) is 0. The van der Waals surface area contributed by atoms with Crippen molar-refractivity contribution in [1.82, 2.24) is 15.6 Å². The van der Waals surface area contributed by atoms with Crippen molar-refractivity contribution in [3.63, 3.8) is 0 Å². The van der Waals surface area contributed by atoms with Crippen molar-refractivity contribution in [3.05, 3.63) is 16.1 Å². The lowest BCUT2D eigenvalue weighted by molar-refractivity contribution is 0.160. The van der Waals surface area contributed by atoms with E-state index in [2.05, 4.69) is 15.6 Å². The number of rotatable bonds is 7. The van der Waals surface area contributed by atoms with Crippen LogP contribution in [0.4, 0.5) is 4.79 Å². The Kier molecular flexibility index (Phi) is 6.67. The number of nitrogens with zero attached hydrogens (tertiary/aromatic N) is 1. The van der Waals surface area contributed by atoms with Gasteiger partial charge in [0, 0.05) is 30.6 Å². The molecule has 0 fully saturated rings. The third kappa shape index (κ3) is 5.97. The molecule has 2 amide bonds. The lowest BCUT2D eigenvalue weighted by Crippen LogP contribution is -2.40. The van der Waals surface area contributed by atoms with Crippen LogP contribution in [0.15, 0.2) is 6.20 Å². The van der Waals surface area contributed by atoms with E-state index in [9.17, 15) is 9.90 Å². The number of carbonyl (C=O) groups excluding carboxylic acids is 1. The molecule has 1 aromatic heterocycles. The highest BCUT2D eigenvalue weighted by molar-refractivity contribution is 7.11. The number of aliphatic hydroxyl groups excluding tert-OH is 1. The monoisotopic (exact) mass is 271 g/mol. The van der Waals surface area contributed by atoms with Gasteiger partial charge >= 0.3 is 6.03 Å². The molecule has 0 aliphatic rings. The SMILES string of the molecule is CCCC(O)CNC(=O)NCCc1ncc(C)s1. The molecule has 0 saturated heterocycles. The van der Waals surface area contributed by atoms with Crippen molar-refractivity contribution >= 4 is 17.4 Å². The minimum absolute atomic E-state index is 0.238. The minimum atomic E-state index is -0.456. The van der Waals surface area contributed by atoms with Gasteiger partial charge in [0.1, 0.15) is 0 Å². The molecule has 1 rings (SSSR count). The Hall–Kier alpha value is -1.14. The summed E-state index contributed by atoms with van der Waals surface area (Å²) in [7, 11) is 0. The maximum Gasteiger partial charge on any atom is 0.314 e. The molecule has 5 nitrogen and oxygen atoms in total. The van der Waals surface area contributed by atoms with E-state index in [1.807, 2.05) is 20.0 Å². The summed E-state index contributed by atoms with van der Waals surface area (Å²) in [6, 6.07) is -0.238. The number of hydrogen-bond donors (Lipinski definition) is 3. The Morgan fingerprint density at radius 1 is 1.56 bits per heavy atom. The van der Waals surface area contributed by atoms with Crippen LogP contribution in [-0.2, 0) is 6.42 Å². The predicted molar refractivity (Wildman–Crippen MR) is 72.9 cm³/mol. The Labute approximate surface area is 112 Å². The molecule has 102 valence electrons. The van der Waals surface area contributed by atoms with Crippen LogP contribution >= 0.6 is 11.3 Å². The van der Waals surface area contributed by atoms with Crippen LogP contribution in [0.5, 0.6) is 0 Å². The number of aryl methyl sites for hydroxylation is 1. The highest BCUT2D eigenvalue weighted by atomic mass is 32.1. The average molecular weight is 271 g/mol. The molecule has 0 spiro atoms. The van der Waals surface area contributed by atoms with Crippen molar-refractivity contribution in [2.24, 2.45) is 0 Å². The standard InChI is InChI=1S/C12H21N3O2S/c1-3-4-10(16)8-15-12(17)13-6-5-11-14-7-9(2)18-11/h7,10,16H,3-6,8H2,1-2H3,(H2,13,15,17). The summed E-state index contributed by atoms with van der Waals surface area (Å²) >= 11 is 1.64. The molecule has 0 aliphatic heterocycles. The molecule has 18 heavy (non-hydrogen) atoms. The van der Waals surface area contributed by atoms with Crippen LogP contribution < -0.4 is 10.6 Å². The first-order valence-corrected chi connectivity index (χ1v) is 7.04. The molecule has 3 N–H and O–H groups in total. The molecule has 1 heterocycles. The van der Waals surface area contributed by atoms with Gasteiger partial charge in [-0.25, -0.2) is 9.78 Å². The normalized spacial score (nSPS) is 12.2. The number of urea groups is 1. The van der Waals surface area contributed by atoms with Gasteiger partial charge in [-0.05, 0) is 13.3 Å². The molecule has 1 unspecified atom stereocenters. The van der Waals surface area contributed by atoms with E-state index in [1.165, 1.54) is 4.88 Å². The van der Waals surface area contributed by atoms with Crippen molar-refractivity contribution in [3.8, 4) is 0 Å². The van der Waals surface area contributed by atoms with Crippen molar-refractivity contribution < 1.29 is 9.90 Å². The first kappa shape index (κ1) is 14.9. The van der Waals surface area contributed by atoms with Gasteiger partial charge < -0.3 is 15.7 Å². The van der Waals surface area contributed by atoms with E-state index in [1.54, 1.807) is 11.3 Å². The summed E-state index contributed by atoms with van der Waals surface area (Å²) in [6.45, 7) is 4.87. The second kappa shape index (κ2) is 8.05. The first-order chi connectivity index (χ1) is 8.61. The van der Waals surface area contributed by atoms with E-state index in [0.29, 0.717) is 19.5 Å². The first-order valence-electron chi connectivity index (χ1n) is 6.23. The molecule has 1 aromatic rings. The number of carbonyl (C=O) groups is 1. The highest BCUT2D eigenvalue weighted by Gasteiger charge is 2.05. The number of nitrogens with one attached hydrogen (secondary N) is 2. The summed E-state index contributed by atoms with van der Waals surface area (Å²) in [5, 5.41) is 15.9. The van der Waals surface area contributed by atoms with Gasteiger partial charge in [0.15, 0.2) is 0 Å². The van der Waals surface area contributed by atoms with E-state index < -0.39 is 6.10 Å². The number of amides is 2. The molecule has 6 heteroatoms. The summed E-state index contributed by atoms with van der Waals surface area (Å²) < 4.78 is 0.